The van der Waals surface area contributed by atoms with Crippen molar-refractivity contribution in [3.05, 3.63) is 9.81 Å². The van der Waals surface area contributed by atoms with E-state index in [-0.39, 0.29) is 4.75 Å². The molecule has 0 aliphatic carbocycles. The molecular weight excluding hydrogens is 176 g/mol. The lowest BCUT2D eigenvalue weighted by Crippen LogP contribution is -2.23. The zero-order chi connectivity index (χ0) is 8.65. The van der Waals surface area contributed by atoms with Crippen LogP contribution in [0.25, 0.3) is 0 Å². The predicted octanol–water partition coefficient (Wildman–Crippen LogP) is 2.51. The van der Waals surface area contributed by atoms with Crippen molar-refractivity contribution in [1.29, 1.82) is 0 Å². The molecule has 0 N–H and O–H groups in total. The maximum Gasteiger partial charge on any atom is 0.0708 e. The summed E-state index contributed by atoms with van der Waals surface area (Å²) < 4.78 is 12.8. The third-order valence-corrected chi connectivity index (χ3v) is 6.05. The second kappa shape index (κ2) is 2.94. The van der Waals surface area contributed by atoms with Gasteiger partial charge in [-0.2, -0.15) is 0 Å². The SMILES string of the molecule is CC(C)=C1SCC(C)(C)[S@@]1=O. The average molecular weight is 190 g/mol. The van der Waals surface area contributed by atoms with Gasteiger partial charge in [-0.25, -0.2) is 0 Å². The quantitative estimate of drug-likeness (QED) is 0.584. The fourth-order valence-electron chi connectivity index (χ4n) is 0.927. The monoisotopic (exact) mass is 190 g/mol. The van der Waals surface area contributed by atoms with Gasteiger partial charge in [0, 0.05) is 5.75 Å². The molecule has 0 saturated carbocycles. The molecule has 1 saturated heterocycles. The molecule has 0 radical (unpaired) electrons. The Bertz CT molecular complexity index is 224. The summed E-state index contributed by atoms with van der Waals surface area (Å²) in [5.74, 6) is 0.986. The van der Waals surface area contributed by atoms with Crippen LogP contribution in [0.5, 0.6) is 0 Å². The van der Waals surface area contributed by atoms with E-state index in [1.54, 1.807) is 11.8 Å². The van der Waals surface area contributed by atoms with Crippen molar-refractivity contribution in [1.82, 2.24) is 0 Å². The first-order valence-corrected chi connectivity index (χ1v) is 5.81. The molecule has 0 unspecified atom stereocenters. The third-order valence-electron chi connectivity index (χ3n) is 1.63. The number of rotatable bonds is 0. The van der Waals surface area contributed by atoms with Gasteiger partial charge < -0.3 is 0 Å². The summed E-state index contributed by atoms with van der Waals surface area (Å²) in [6.07, 6.45) is 0. The first-order chi connectivity index (χ1) is 4.95. The highest BCUT2D eigenvalue weighted by Crippen LogP contribution is 2.40. The van der Waals surface area contributed by atoms with Gasteiger partial charge in [-0.05, 0) is 27.7 Å². The summed E-state index contributed by atoms with van der Waals surface area (Å²) in [6, 6.07) is 0. The highest BCUT2D eigenvalue weighted by molar-refractivity contribution is 8.20. The summed E-state index contributed by atoms with van der Waals surface area (Å²) >= 11 is 1.74. The molecule has 0 aromatic carbocycles. The van der Waals surface area contributed by atoms with Crippen molar-refractivity contribution in [3.63, 3.8) is 0 Å². The minimum Gasteiger partial charge on any atom is -0.253 e. The van der Waals surface area contributed by atoms with Gasteiger partial charge in [-0.15, -0.1) is 11.8 Å². The van der Waals surface area contributed by atoms with Crippen molar-refractivity contribution >= 4 is 22.6 Å². The Labute approximate surface area is 75.1 Å². The maximum absolute atomic E-state index is 11.7. The largest absolute Gasteiger partial charge is 0.253 e. The highest BCUT2D eigenvalue weighted by atomic mass is 32.2. The molecule has 0 bridgehead atoms. The van der Waals surface area contributed by atoms with Crippen LogP contribution in [0.2, 0.25) is 0 Å². The fourth-order valence-corrected chi connectivity index (χ4v) is 4.45. The molecule has 3 heteroatoms. The van der Waals surface area contributed by atoms with E-state index in [1.165, 1.54) is 5.57 Å². The van der Waals surface area contributed by atoms with Gasteiger partial charge in [-0.1, -0.05) is 5.57 Å². The smallest absolute Gasteiger partial charge is 0.0708 e. The number of hydrogen-bond donors (Lipinski definition) is 0. The standard InChI is InChI=1S/C8H14OS2/c1-6(2)7-10-5-8(3,4)11(7)9/h5H2,1-4H3/t11-/m1/s1. The van der Waals surface area contributed by atoms with Gasteiger partial charge in [0.2, 0.25) is 0 Å². The van der Waals surface area contributed by atoms with Crippen LogP contribution < -0.4 is 0 Å². The van der Waals surface area contributed by atoms with Crippen molar-refractivity contribution in [2.24, 2.45) is 0 Å². The normalized spacial score (nSPS) is 29.1. The van der Waals surface area contributed by atoms with E-state index in [4.69, 9.17) is 0 Å². The molecule has 11 heavy (non-hydrogen) atoms. The summed E-state index contributed by atoms with van der Waals surface area (Å²) in [4.78, 5) is 0. The van der Waals surface area contributed by atoms with Crippen LogP contribution in [0.15, 0.2) is 9.81 Å². The van der Waals surface area contributed by atoms with Gasteiger partial charge in [0.25, 0.3) is 0 Å². The topological polar surface area (TPSA) is 17.1 Å². The molecular formula is C8H14OS2. The first-order valence-electron chi connectivity index (χ1n) is 3.67. The van der Waals surface area contributed by atoms with Crippen molar-refractivity contribution in [2.75, 3.05) is 5.75 Å². The lowest BCUT2D eigenvalue weighted by molar-refractivity contribution is 0.661. The van der Waals surface area contributed by atoms with E-state index in [2.05, 4.69) is 13.8 Å². The molecule has 1 aliphatic rings. The fraction of sp³-hybridized carbons (Fsp3) is 0.750. The Balaban J connectivity index is 2.98. The van der Waals surface area contributed by atoms with E-state index >= 15 is 0 Å². The van der Waals surface area contributed by atoms with Crippen LogP contribution >= 0.6 is 11.8 Å². The molecule has 1 atom stereocenters. The van der Waals surface area contributed by atoms with Crippen molar-refractivity contribution < 1.29 is 4.21 Å². The highest BCUT2D eigenvalue weighted by Gasteiger charge is 2.36. The Kier molecular flexibility index (Phi) is 2.49. The first kappa shape index (κ1) is 9.33. The van der Waals surface area contributed by atoms with E-state index < -0.39 is 10.8 Å². The summed E-state index contributed by atoms with van der Waals surface area (Å²) in [6.45, 7) is 8.18. The number of allylic oxidation sites excluding steroid dienone is 1. The van der Waals surface area contributed by atoms with E-state index in [0.717, 1.165) is 9.99 Å². The molecule has 1 rings (SSSR count). The molecule has 1 fully saturated rings. The third kappa shape index (κ3) is 1.70. The molecule has 1 aliphatic heterocycles. The predicted molar refractivity (Wildman–Crippen MR) is 53.1 cm³/mol. The van der Waals surface area contributed by atoms with Crippen molar-refractivity contribution in [2.45, 2.75) is 32.4 Å². The summed E-state index contributed by atoms with van der Waals surface area (Å²) in [5.41, 5.74) is 1.21. The lowest BCUT2D eigenvalue weighted by Gasteiger charge is -2.12. The van der Waals surface area contributed by atoms with Crippen LogP contribution in [0.1, 0.15) is 27.7 Å². The van der Waals surface area contributed by atoms with Crippen LogP contribution in [0.4, 0.5) is 0 Å². The zero-order valence-electron chi connectivity index (χ0n) is 7.43. The molecule has 0 spiro atoms. The van der Waals surface area contributed by atoms with Gasteiger partial charge in [0.15, 0.2) is 0 Å². The number of hydrogen-bond acceptors (Lipinski definition) is 2. The Morgan fingerprint density at radius 3 is 2.27 bits per heavy atom. The Morgan fingerprint density at radius 1 is 1.55 bits per heavy atom. The number of thioether (sulfide) groups is 1. The van der Waals surface area contributed by atoms with Gasteiger partial charge in [-0.3, -0.25) is 4.21 Å². The van der Waals surface area contributed by atoms with Gasteiger partial charge in [0.1, 0.15) is 0 Å². The molecule has 0 aromatic rings. The molecule has 1 nitrogen and oxygen atoms in total. The molecule has 64 valence electrons. The average Bonchev–Trinajstić information content (AvgIpc) is 2.09. The van der Waals surface area contributed by atoms with Crippen LogP contribution in [0.3, 0.4) is 0 Å². The zero-order valence-corrected chi connectivity index (χ0v) is 9.06. The second-order valence-electron chi connectivity index (χ2n) is 3.60. The van der Waals surface area contributed by atoms with Crippen LogP contribution in [0, 0.1) is 0 Å². The van der Waals surface area contributed by atoms with Crippen LogP contribution in [-0.4, -0.2) is 14.7 Å². The minimum atomic E-state index is -0.758. The Hall–Kier alpha value is 0.240. The van der Waals surface area contributed by atoms with Gasteiger partial charge in [0.05, 0.1) is 19.8 Å². The summed E-state index contributed by atoms with van der Waals surface area (Å²) in [7, 11) is -0.758. The minimum absolute atomic E-state index is 0.0166. The molecule has 0 amide bonds. The summed E-state index contributed by atoms with van der Waals surface area (Å²) in [5, 5.41) is 0. The van der Waals surface area contributed by atoms with Crippen molar-refractivity contribution in [3.8, 4) is 0 Å². The van der Waals surface area contributed by atoms with E-state index in [0.29, 0.717) is 0 Å². The van der Waals surface area contributed by atoms with E-state index in [1.807, 2.05) is 13.8 Å². The second-order valence-corrected chi connectivity index (χ2v) is 6.90. The Morgan fingerprint density at radius 2 is 2.09 bits per heavy atom. The van der Waals surface area contributed by atoms with Gasteiger partial charge >= 0.3 is 0 Å². The molecule has 0 aromatic heterocycles. The maximum atomic E-state index is 11.7. The van der Waals surface area contributed by atoms with E-state index in [9.17, 15) is 4.21 Å². The van der Waals surface area contributed by atoms with Crippen LogP contribution in [-0.2, 0) is 10.8 Å². The molecule has 1 heterocycles. The lowest BCUT2D eigenvalue weighted by atomic mass is 10.2.